The normalized spacial score (nSPS) is 15.4. The molecular weight excluding hydrogens is 342 g/mol. The molecule has 1 aliphatic rings. The van der Waals surface area contributed by atoms with Gasteiger partial charge in [-0.05, 0) is 35.9 Å². The van der Waals surface area contributed by atoms with Gasteiger partial charge in [-0.1, -0.05) is 24.3 Å². The monoisotopic (exact) mass is 363 g/mol. The van der Waals surface area contributed by atoms with Gasteiger partial charge in [0.2, 0.25) is 0 Å². The van der Waals surface area contributed by atoms with Crippen LogP contribution >= 0.6 is 0 Å². The zero-order valence-electron chi connectivity index (χ0n) is 15.1. The Hall–Kier alpha value is -3.28. The molecule has 1 unspecified atom stereocenters. The van der Waals surface area contributed by atoms with E-state index in [1.807, 2.05) is 65.5 Å². The van der Waals surface area contributed by atoms with Gasteiger partial charge in [-0.25, -0.2) is 0 Å². The van der Waals surface area contributed by atoms with Gasteiger partial charge in [-0.15, -0.1) is 0 Å². The highest BCUT2D eigenvalue weighted by atomic mass is 16.6. The minimum atomic E-state index is -0.187. The molecule has 4 rings (SSSR count). The number of nitrogens with zero attached hydrogens (tertiary/aromatic N) is 3. The van der Waals surface area contributed by atoms with Crippen molar-refractivity contribution >= 4 is 5.91 Å². The molecule has 0 N–H and O–H groups in total. The van der Waals surface area contributed by atoms with E-state index in [4.69, 9.17) is 9.47 Å². The number of carbonyl (C=O) groups is 1. The summed E-state index contributed by atoms with van der Waals surface area (Å²) in [6.07, 6.45) is 3.48. The number of carbonyl (C=O) groups excluding carboxylic acids is 1. The fraction of sp³-hybridized carbons (Fsp3) is 0.238. The Morgan fingerprint density at radius 3 is 2.67 bits per heavy atom. The van der Waals surface area contributed by atoms with Gasteiger partial charge < -0.3 is 14.4 Å². The highest BCUT2D eigenvalue weighted by Crippen LogP contribution is 2.31. The molecule has 27 heavy (non-hydrogen) atoms. The van der Waals surface area contributed by atoms with Crippen molar-refractivity contribution in [3.63, 3.8) is 0 Å². The minimum Gasteiger partial charge on any atom is -0.486 e. The molecule has 0 spiro atoms. The second-order valence-electron chi connectivity index (χ2n) is 6.58. The number of para-hydroxylation sites is 2. The molecule has 6 heteroatoms. The largest absolute Gasteiger partial charge is 0.486 e. The number of likely N-dealkylation sites (N-methyl/N-ethyl adjacent to an activating group) is 1. The van der Waals surface area contributed by atoms with Gasteiger partial charge in [0, 0.05) is 25.0 Å². The maximum atomic E-state index is 12.7. The predicted octanol–water partition coefficient (Wildman–Crippen LogP) is 2.84. The van der Waals surface area contributed by atoms with Crippen LogP contribution in [-0.2, 0) is 6.54 Å². The van der Waals surface area contributed by atoms with Gasteiger partial charge in [-0.3, -0.25) is 9.48 Å². The van der Waals surface area contributed by atoms with E-state index in [2.05, 4.69) is 5.10 Å². The number of benzene rings is 2. The number of fused-ring (bicyclic) bond motifs is 1. The number of aromatic nitrogens is 2. The summed E-state index contributed by atoms with van der Waals surface area (Å²) in [6, 6.07) is 17.1. The summed E-state index contributed by atoms with van der Waals surface area (Å²) in [7, 11) is 1.78. The lowest BCUT2D eigenvalue weighted by atomic mass is 10.1. The summed E-state index contributed by atoms with van der Waals surface area (Å²) in [6.45, 7) is 1.57. The van der Waals surface area contributed by atoms with Crippen molar-refractivity contribution in [1.82, 2.24) is 14.7 Å². The molecule has 0 saturated heterocycles. The Labute approximate surface area is 157 Å². The summed E-state index contributed by atoms with van der Waals surface area (Å²) >= 11 is 0. The number of hydrogen-bond donors (Lipinski definition) is 0. The van der Waals surface area contributed by atoms with Crippen LogP contribution < -0.4 is 9.47 Å². The second kappa shape index (κ2) is 7.53. The van der Waals surface area contributed by atoms with Gasteiger partial charge in [0.05, 0.1) is 13.1 Å². The lowest BCUT2D eigenvalue weighted by Crippen LogP contribution is -2.41. The standard InChI is InChI=1S/C21H21N3O3/c1-23(14-18-15-26-19-5-2-3-6-20(19)27-18)21(25)17-9-7-16(8-10-17)13-24-12-4-11-22-24/h2-12,18H,13-15H2,1H3. The highest BCUT2D eigenvalue weighted by molar-refractivity contribution is 5.94. The van der Waals surface area contributed by atoms with Crippen molar-refractivity contribution in [2.24, 2.45) is 0 Å². The van der Waals surface area contributed by atoms with Gasteiger partial charge in [0.15, 0.2) is 17.6 Å². The van der Waals surface area contributed by atoms with Crippen LogP contribution in [0.15, 0.2) is 67.0 Å². The van der Waals surface area contributed by atoms with E-state index < -0.39 is 0 Å². The summed E-state index contributed by atoms with van der Waals surface area (Å²) < 4.78 is 13.5. The molecule has 2 heterocycles. The third-order valence-electron chi connectivity index (χ3n) is 4.50. The number of hydrogen-bond acceptors (Lipinski definition) is 4. The lowest BCUT2D eigenvalue weighted by molar-refractivity contribution is 0.0521. The molecule has 3 aromatic rings. The van der Waals surface area contributed by atoms with Crippen LogP contribution in [0.3, 0.4) is 0 Å². The van der Waals surface area contributed by atoms with Crippen molar-refractivity contribution in [3.05, 3.63) is 78.1 Å². The van der Waals surface area contributed by atoms with Crippen LogP contribution in [0.25, 0.3) is 0 Å². The first kappa shape index (κ1) is 17.1. The van der Waals surface area contributed by atoms with E-state index in [0.717, 1.165) is 17.1 Å². The third kappa shape index (κ3) is 3.95. The first-order valence-corrected chi connectivity index (χ1v) is 8.89. The van der Waals surface area contributed by atoms with Crippen LogP contribution in [0.1, 0.15) is 15.9 Å². The first-order chi connectivity index (χ1) is 13.2. The molecule has 1 atom stereocenters. The Kier molecular flexibility index (Phi) is 4.78. The van der Waals surface area contributed by atoms with E-state index in [1.54, 1.807) is 18.1 Å². The molecule has 2 aromatic carbocycles. The lowest BCUT2D eigenvalue weighted by Gasteiger charge is -2.29. The zero-order chi connectivity index (χ0) is 18.6. The number of amides is 1. The second-order valence-corrected chi connectivity index (χ2v) is 6.58. The van der Waals surface area contributed by atoms with Gasteiger partial charge in [0.1, 0.15) is 6.61 Å². The Bertz CT molecular complexity index is 907. The molecule has 1 aliphatic heterocycles. The van der Waals surface area contributed by atoms with Crippen LogP contribution in [0, 0.1) is 0 Å². The van der Waals surface area contributed by atoms with E-state index in [1.165, 1.54) is 0 Å². The van der Waals surface area contributed by atoms with Crippen molar-refractivity contribution in [3.8, 4) is 11.5 Å². The highest BCUT2D eigenvalue weighted by Gasteiger charge is 2.24. The van der Waals surface area contributed by atoms with Crippen LogP contribution in [-0.4, -0.2) is 46.9 Å². The molecule has 0 radical (unpaired) electrons. The maximum Gasteiger partial charge on any atom is 0.253 e. The Morgan fingerprint density at radius 1 is 1.15 bits per heavy atom. The summed E-state index contributed by atoms with van der Waals surface area (Å²) in [5, 5.41) is 4.19. The summed E-state index contributed by atoms with van der Waals surface area (Å²) in [4.78, 5) is 14.4. The van der Waals surface area contributed by atoms with E-state index >= 15 is 0 Å². The predicted molar refractivity (Wildman–Crippen MR) is 101 cm³/mol. The fourth-order valence-corrected chi connectivity index (χ4v) is 3.10. The molecule has 0 aliphatic carbocycles. The number of ether oxygens (including phenoxy) is 2. The average molecular weight is 363 g/mol. The van der Waals surface area contributed by atoms with Crippen LogP contribution in [0.4, 0.5) is 0 Å². The van der Waals surface area contributed by atoms with Crippen molar-refractivity contribution < 1.29 is 14.3 Å². The third-order valence-corrected chi connectivity index (χ3v) is 4.50. The molecule has 1 amide bonds. The van der Waals surface area contributed by atoms with Crippen LogP contribution in [0.5, 0.6) is 11.5 Å². The first-order valence-electron chi connectivity index (χ1n) is 8.89. The maximum absolute atomic E-state index is 12.7. The van der Waals surface area contributed by atoms with Crippen molar-refractivity contribution in [2.75, 3.05) is 20.2 Å². The topological polar surface area (TPSA) is 56.6 Å². The summed E-state index contributed by atoms with van der Waals surface area (Å²) in [5.74, 6) is 1.43. The van der Waals surface area contributed by atoms with E-state index in [0.29, 0.717) is 25.3 Å². The molecular formula is C21H21N3O3. The van der Waals surface area contributed by atoms with Gasteiger partial charge >= 0.3 is 0 Å². The minimum absolute atomic E-state index is 0.0388. The molecule has 138 valence electrons. The van der Waals surface area contributed by atoms with Gasteiger partial charge in [0.25, 0.3) is 5.91 Å². The molecule has 6 nitrogen and oxygen atoms in total. The Balaban J connectivity index is 1.36. The fourth-order valence-electron chi connectivity index (χ4n) is 3.10. The van der Waals surface area contributed by atoms with Crippen molar-refractivity contribution in [2.45, 2.75) is 12.6 Å². The summed E-state index contributed by atoms with van der Waals surface area (Å²) in [5.41, 5.74) is 1.75. The Morgan fingerprint density at radius 2 is 1.93 bits per heavy atom. The molecule has 0 saturated carbocycles. The van der Waals surface area contributed by atoms with E-state index in [9.17, 15) is 4.79 Å². The molecule has 0 bridgehead atoms. The average Bonchev–Trinajstić information content (AvgIpc) is 3.21. The molecule has 1 aromatic heterocycles. The smallest absolute Gasteiger partial charge is 0.253 e. The van der Waals surface area contributed by atoms with Crippen molar-refractivity contribution in [1.29, 1.82) is 0 Å². The SMILES string of the molecule is CN(CC1COc2ccccc2O1)C(=O)c1ccc(Cn2cccn2)cc1. The van der Waals surface area contributed by atoms with E-state index in [-0.39, 0.29) is 12.0 Å². The van der Waals surface area contributed by atoms with Crippen LogP contribution in [0.2, 0.25) is 0 Å². The van der Waals surface area contributed by atoms with Gasteiger partial charge in [-0.2, -0.15) is 5.10 Å². The zero-order valence-corrected chi connectivity index (χ0v) is 15.1. The molecule has 0 fully saturated rings. The quantitative estimate of drug-likeness (QED) is 0.699. The number of rotatable bonds is 5.